The van der Waals surface area contributed by atoms with Crippen molar-refractivity contribution in [3.8, 4) is 5.75 Å². The van der Waals surface area contributed by atoms with Crippen molar-refractivity contribution in [3.05, 3.63) is 29.6 Å². The lowest BCUT2D eigenvalue weighted by atomic mass is 9.54. The van der Waals surface area contributed by atoms with E-state index in [2.05, 4.69) is 10.6 Å². The van der Waals surface area contributed by atoms with E-state index in [4.69, 9.17) is 4.74 Å². The van der Waals surface area contributed by atoms with Gasteiger partial charge in [0.1, 0.15) is 11.6 Å². The molecule has 1 atom stereocenters. The minimum atomic E-state index is -0.577. The molecule has 4 bridgehead atoms. The number of hydrogen-bond donors (Lipinski definition) is 2. The van der Waals surface area contributed by atoms with E-state index in [1.807, 2.05) is 4.90 Å². The van der Waals surface area contributed by atoms with Gasteiger partial charge in [-0.1, -0.05) is 6.07 Å². The molecule has 1 aromatic carbocycles. The Morgan fingerprint density at radius 1 is 1.19 bits per heavy atom. The van der Waals surface area contributed by atoms with Crippen LogP contribution in [0.1, 0.15) is 44.1 Å². The van der Waals surface area contributed by atoms with E-state index in [1.54, 1.807) is 12.1 Å². The van der Waals surface area contributed by atoms with Gasteiger partial charge in [-0.3, -0.25) is 14.5 Å². The molecule has 1 aliphatic heterocycles. The number of carbonyl (C=O) groups excluding carboxylic acids is 2. The van der Waals surface area contributed by atoms with Crippen molar-refractivity contribution in [1.82, 2.24) is 15.5 Å². The van der Waals surface area contributed by atoms with Crippen LogP contribution in [0.2, 0.25) is 0 Å². The van der Waals surface area contributed by atoms with Crippen molar-refractivity contribution in [2.24, 2.45) is 23.7 Å². The Bertz CT molecular complexity index is 832. The predicted octanol–water partition coefficient (Wildman–Crippen LogP) is 2.47. The van der Waals surface area contributed by atoms with Gasteiger partial charge in [-0.15, -0.1) is 0 Å². The molecule has 0 spiro atoms. The smallest absolute Gasteiger partial charge is 0.237 e. The van der Waals surface area contributed by atoms with E-state index in [-0.39, 0.29) is 30.1 Å². The molecule has 4 aliphatic carbocycles. The maximum Gasteiger partial charge on any atom is 0.237 e. The largest absolute Gasteiger partial charge is 0.497 e. The summed E-state index contributed by atoms with van der Waals surface area (Å²) >= 11 is 0. The topological polar surface area (TPSA) is 70.7 Å². The summed E-state index contributed by atoms with van der Waals surface area (Å²) in [6.45, 7) is 1.39. The first kappa shape index (κ1) is 20.7. The van der Waals surface area contributed by atoms with Gasteiger partial charge in [-0.05, 0) is 61.8 Å². The Balaban J connectivity index is 1.24. The molecule has 5 fully saturated rings. The van der Waals surface area contributed by atoms with Crippen LogP contribution < -0.4 is 15.4 Å². The van der Waals surface area contributed by atoms with E-state index in [1.165, 1.54) is 45.3 Å². The first-order valence-corrected chi connectivity index (χ1v) is 11.6. The molecular formula is C24H32FN3O3. The van der Waals surface area contributed by atoms with Crippen LogP contribution in [0.25, 0.3) is 0 Å². The highest BCUT2D eigenvalue weighted by Crippen LogP contribution is 2.53. The number of rotatable bonds is 6. The molecule has 168 valence electrons. The molecule has 7 heteroatoms. The van der Waals surface area contributed by atoms with Gasteiger partial charge in [0.25, 0.3) is 0 Å². The predicted molar refractivity (Wildman–Crippen MR) is 114 cm³/mol. The molecule has 1 saturated heterocycles. The number of piperazine rings is 1. The van der Waals surface area contributed by atoms with Crippen molar-refractivity contribution < 1.29 is 18.7 Å². The number of amides is 2. The van der Waals surface area contributed by atoms with E-state index in [0.717, 1.165) is 11.8 Å². The first-order valence-electron chi connectivity index (χ1n) is 11.6. The van der Waals surface area contributed by atoms with Crippen LogP contribution in [0.15, 0.2) is 18.2 Å². The van der Waals surface area contributed by atoms with Gasteiger partial charge < -0.3 is 15.4 Å². The number of nitrogens with one attached hydrogen (secondary N) is 2. The van der Waals surface area contributed by atoms with Gasteiger partial charge >= 0.3 is 0 Å². The van der Waals surface area contributed by atoms with Gasteiger partial charge in [-0.25, -0.2) is 4.39 Å². The quantitative estimate of drug-likeness (QED) is 0.729. The fraction of sp³-hybridized carbons (Fsp3) is 0.667. The van der Waals surface area contributed by atoms with E-state index >= 15 is 0 Å². The summed E-state index contributed by atoms with van der Waals surface area (Å²) in [6, 6.07) is 4.45. The molecule has 1 aromatic rings. The van der Waals surface area contributed by atoms with Crippen LogP contribution in [0.5, 0.6) is 5.75 Å². The third kappa shape index (κ3) is 4.16. The lowest BCUT2D eigenvalue weighted by Gasteiger charge is -2.54. The fourth-order valence-electron chi connectivity index (χ4n) is 6.76. The summed E-state index contributed by atoms with van der Waals surface area (Å²) in [6.07, 6.45) is 6.46. The summed E-state index contributed by atoms with van der Waals surface area (Å²) in [5, 5.41) is 6.17. The Labute approximate surface area is 182 Å². The summed E-state index contributed by atoms with van der Waals surface area (Å²) in [7, 11) is 1.50. The number of carbonyl (C=O) groups is 2. The Morgan fingerprint density at radius 3 is 2.55 bits per heavy atom. The van der Waals surface area contributed by atoms with Crippen molar-refractivity contribution >= 4 is 11.8 Å². The number of nitrogens with zero attached hydrogens (tertiary/aromatic N) is 1. The average molecular weight is 430 g/mol. The second-order valence-electron chi connectivity index (χ2n) is 9.96. The number of hydrogen-bond acceptors (Lipinski definition) is 4. The van der Waals surface area contributed by atoms with Crippen molar-refractivity contribution in [3.63, 3.8) is 0 Å². The number of halogens is 1. The van der Waals surface area contributed by atoms with E-state index in [9.17, 15) is 14.0 Å². The molecule has 1 heterocycles. The van der Waals surface area contributed by atoms with Crippen LogP contribution in [0.4, 0.5) is 4.39 Å². The van der Waals surface area contributed by atoms with Crippen LogP contribution in [0.3, 0.4) is 0 Å². The second-order valence-corrected chi connectivity index (χ2v) is 9.96. The lowest BCUT2D eigenvalue weighted by molar-refractivity contribution is -0.135. The standard InChI is InChI=1S/C24H32FN3O3/c1-31-19-3-2-16(20(25)11-19)13-28-5-4-26-24(30)21(28)12-22(29)27-23-17-7-14-6-15(9-17)10-18(23)8-14/h2-3,11,14-15,17-18,21,23H,4-10,12-13H2,1H3,(H,26,30)(H,27,29)/t14?,15?,17?,18?,21-,23?/m1/s1. The normalized spacial score (nSPS) is 34.5. The zero-order valence-corrected chi connectivity index (χ0v) is 18.1. The molecule has 6 rings (SSSR count). The monoisotopic (exact) mass is 429 g/mol. The maximum atomic E-state index is 14.5. The van der Waals surface area contributed by atoms with Crippen molar-refractivity contribution in [2.75, 3.05) is 20.2 Å². The Kier molecular flexibility index (Phi) is 5.63. The average Bonchev–Trinajstić information content (AvgIpc) is 2.74. The third-order valence-electron chi connectivity index (χ3n) is 8.01. The third-order valence-corrected chi connectivity index (χ3v) is 8.01. The van der Waals surface area contributed by atoms with Gasteiger partial charge in [0.15, 0.2) is 0 Å². The minimum Gasteiger partial charge on any atom is -0.497 e. The van der Waals surface area contributed by atoms with Crippen LogP contribution in [-0.4, -0.2) is 49.0 Å². The fourth-order valence-corrected chi connectivity index (χ4v) is 6.76. The molecule has 0 radical (unpaired) electrons. The van der Waals surface area contributed by atoms with Crippen LogP contribution in [0, 0.1) is 29.5 Å². The van der Waals surface area contributed by atoms with Gasteiger partial charge in [0, 0.05) is 37.3 Å². The van der Waals surface area contributed by atoms with Crippen LogP contribution >= 0.6 is 0 Å². The van der Waals surface area contributed by atoms with Gasteiger partial charge in [0.2, 0.25) is 11.8 Å². The second kappa shape index (κ2) is 8.41. The summed E-state index contributed by atoms with van der Waals surface area (Å²) < 4.78 is 19.5. The molecule has 4 saturated carbocycles. The zero-order chi connectivity index (χ0) is 21.5. The summed E-state index contributed by atoms with van der Waals surface area (Å²) in [4.78, 5) is 27.5. The first-order chi connectivity index (χ1) is 15.0. The molecule has 6 nitrogen and oxygen atoms in total. The number of methoxy groups -OCH3 is 1. The molecule has 5 aliphatic rings. The highest BCUT2D eigenvalue weighted by atomic mass is 19.1. The molecule has 0 unspecified atom stereocenters. The molecule has 2 amide bonds. The van der Waals surface area contributed by atoms with Gasteiger partial charge in [0.05, 0.1) is 19.6 Å². The van der Waals surface area contributed by atoms with Crippen LogP contribution in [-0.2, 0) is 16.1 Å². The highest BCUT2D eigenvalue weighted by Gasteiger charge is 2.48. The van der Waals surface area contributed by atoms with E-state index < -0.39 is 6.04 Å². The number of benzene rings is 1. The molecular weight excluding hydrogens is 397 g/mol. The van der Waals surface area contributed by atoms with E-state index in [0.29, 0.717) is 42.8 Å². The summed E-state index contributed by atoms with van der Waals surface area (Å²) in [5.41, 5.74) is 0.502. The lowest BCUT2D eigenvalue weighted by Crippen LogP contribution is -2.59. The highest BCUT2D eigenvalue weighted by molar-refractivity contribution is 5.89. The zero-order valence-electron chi connectivity index (χ0n) is 18.1. The Morgan fingerprint density at radius 2 is 1.90 bits per heavy atom. The maximum absolute atomic E-state index is 14.5. The minimum absolute atomic E-state index is 0.0558. The van der Waals surface area contributed by atoms with Crippen molar-refractivity contribution in [2.45, 2.75) is 57.2 Å². The number of ether oxygens (including phenoxy) is 1. The Hall–Kier alpha value is -2.15. The SMILES string of the molecule is COc1ccc(CN2CCNC(=O)[C@H]2CC(=O)NC2C3CC4CC(C3)CC2C4)c(F)c1. The molecule has 2 N–H and O–H groups in total. The molecule has 31 heavy (non-hydrogen) atoms. The summed E-state index contributed by atoms with van der Waals surface area (Å²) in [5.74, 6) is 2.81. The van der Waals surface area contributed by atoms with Crippen molar-refractivity contribution in [1.29, 1.82) is 0 Å². The molecule has 0 aromatic heterocycles. The van der Waals surface area contributed by atoms with Gasteiger partial charge in [-0.2, -0.15) is 0 Å².